The molecule has 64 valence electrons. The van der Waals surface area contributed by atoms with Crippen molar-refractivity contribution in [2.75, 3.05) is 0 Å². The van der Waals surface area contributed by atoms with E-state index < -0.39 is 5.82 Å². The molecule has 1 rings (SSSR count). The van der Waals surface area contributed by atoms with E-state index in [9.17, 15) is 9.18 Å². The third kappa shape index (κ3) is 2.20. The van der Waals surface area contributed by atoms with Crippen LogP contribution in [0.25, 0.3) is 0 Å². The van der Waals surface area contributed by atoms with Crippen molar-refractivity contribution in [1.82, 2.24) is 0 Å². The summed E-state index contributed by atoms with van der Waals surface area (Å²) in [5, 5.41) is 0.387. The van der Waals surface area contributed by atoms with Crippen LogP contribution in [0.2, 0.25) is 5.02 Å². The molecule has 0 atom stereocenters. The molecule has 4 heteroatoms. The standard InChI is InChI=1S/C8H6ClFO2/c9-8-2-1-7(10)3-6(8)4-12-5-11/h1-3,5H,4H2. The molecule has 0 radical (unpaired) electrons. The third-order valence-electron chi connectivity index (χ3n) is 1.31. The highest BCUT2D eigenvalue weighted by Gasteiger charge is 2.01. The molecular formula is C8H6ClFO2. The van der Waals surface area contributed by atoms with Crippen molar-refractivity contribution in [3.63, 3.8) is 0 Å². The minimum absolute atomic E-state index is 0.0000926. The van der Waals surface area contributed by atoms with Gasteiger partial charge in [-0.25, -0.2) is 4.39 Å². The lowest BCUT2D eigenvalue weighted by Crippen LogP contribution is -1.92. The fraction of sp³-hybridized carbons (Fsp3) is 0.125. The van der Waals surface area contributed by atoms with Gasteiger partial charge in [-0.05, 0) is 18.2 Å². The summed E-state index contributed by atoms with van der Waals surface area (Å²) in [6.45, 7) is 0.293. The first-order valence-electron chi connectivity index (χ1n) is 3.23. The van der Waals surface area contributed by atoms with Gasteiger partial charge in [-0.2, -0.15) is 0 Å². The highest BCUT2D eigenvalue weighted by atomic mass is 35.5. The van der Waals surface area contributed by atoms with Crippen LogP contribution >= 0.6 is 11.6 Å². The largest absolute Gasteiger partial charge is 0.463 e. The van der Waals surface area contributed by atoms with Crippen molar-refractivity contribution in [1.29, 1.82) is 0 Å². The Labute approximate surface area is 73.9 Å². The van der Waals surface area contributed by atoms with E-state index in [0.29, 0.717) is 17.1 Å². The highest BCUT2D eigenvalue weighted by molar-refractivity contribution is 6.31. The summed E-state index contributed by atoms with van der Waals surface area (Å²) in [5.41, 5.74) is 0.462. The molecule has 0 bridgehead atoms. The van der Waals surface area contributed by atoms with Crippen molar-refractivity contribution in [2.45, 2.75) is 6.61 Å². The molecule has 1 aromatic carbocycles. The van der Waals surface area contributed by atoms with Gasteiger partial charge in [0.25, 0.3) is 6.47 Å². The van der Waals surface area contributed by atoms with Crippen LogP contribution in [-0.2, 0) is 16.1 Å². The minimum atomic E-state index is -0.399. The summed E-state index contributed by atoms with van der Waals surface area (Å²) in [6.07, 6.45) is 0. The van der Waals surface area contributed by atoms with Crippen molar-refractivity contribution in [2.24, 2.45) is 0 Å². The molecule has 0 saturated carbocycles. The molecule has 0 N–H and O–H groups in total. The van der Waals surface area contributed by atoms with E-state index in [4.69, 9.17) is 11.6 Å². The van der Waals surface area contributed by atoms with Crippen LogP contribution in [0, 0.1) is 5.82 Å². The normalized spacial score (nSPS) is 9.50. The van der Waals surface area contributed by atoms with Crippen LogP contribution in [-0.4, -0.2) is 6.47 Å². The molecule has 0 aromatic heterocycles. The lowest BCUT2D eigenvalue weighted by molar-refractivity contribution is -0.129. The van der Waals surface area contributed by atoms with Gasteiger partial charge in [0.1, 0.15) is 12.4 Å². The summed E-state index contributed by atoms with van der Waals surface area (Å²) in [6, 6.07) is 3.89. The number of benzene rings is 1. The molecule has 0 saturated heterocycles. The quantitative estimate of drug-likeness (QED) is 0.680. The van der Waals surface area contributed by atoms with Gasteiger partial charge in [-0.1, -0.05) is 11.6 Å². The van der Waals surface area contributed by atoms with E-state index in [2.05, 4.69) is 4.74 Å². The van der Waals surface area contributed by atoms with Gasteiger partial charge in [0.15, 0.2) is 0 Å². The van der Waals surface area contributed by atoms with E-state index in [1.165, 1.54) is 18.2 Å². The lowest BCUT2D eigenvalue weighted by atomic mass is 10.2. The molecule has 0 aliphatic heterocycles. The molecule has 2 nitrogen and oxygen atoms in total. The van der Waals surface area contributed by atoms with E-state index in [1.807, 2.05) is 0 Å². The number of hydrogen-bond donors (Lipinski definition) is 0. The van der Waals surface area contributed by atoms with E-state index in [0.717, 1.165) is 0 Å². The van der Waals surface area contributed by atoms with Crippen LogP contribution in [0.4, 0.5) is 4.39 Å². The lowest BCUT2D eigenvalue weighted by Gasteiger charge is -2.01. The van der Waals surface area contributed by atoms with Crippen molar-refractivity contribution >= 4 is 18.1 Å². The second-order valence-corrected chi connectivity index (χ2v) is 2.55. The predicted octanol–water partition coefficient (Wildman–Crippen LogP) is 2.15. The monoisotopic (exact) mass is 188 g/mol. The number of rotatable bonds is 3. The van der Waals surface area contributed by atoms with Crippen molar-refractivity contribution < 1.29 is 13.9 Å². The SMILES string of the molecule is O=COCc1cc(F)ccc1Cl. The molecule has 0 amide bonds. The summed E-state index contributed by atoms with van der Waals surface area (Å²) < 4.78 is 17.0. The topological polar surface area (TPSA) is 26.3 Å². The van der Waals surface area contributed by atoms with Gasteiger partial charge in [0.2, 0.25) is 0 Å². The van der Waals surface area contributed by atoms with E-state index in [1.54, 1.807) is 0 Å². The Balaban J connectivity index is 2.82. The van der Waals surface area contributed by atoms with Crippen LogP contribution in [0.1, 0.15) is 5.56 Å². The predicted molar refractivity (Wildman–Crippen MR) is 42.3 cm³/mol. The van der Waals surface area contributed by atoms with Crippen LogP contribution in [0.15, 0.2) is 18.2 Å². The zero-order chi connectivity index (χ0) is 8.97. The van der Waals surface area contributed by atoms with E-state index in [-0.39, 0.29) is 6.61 Å². The zero-order valence-corrected chi connectivity index (χ0v) is 6.84. The maximum Gasteiger partial charge on any atom is 0.293 e. The summed E-state index contributed by atoms with van der Waals surface area (Å²) >= 11 is 5.67. The number of carbonyl (C=O) groups is 1. The summed E-state index contributed by atoms with van der Waals surface area (Å²) in [7, 11) is 0. The fourth-order valence-corrected chi connectivity index (χ4v) is 0.950. The van der Waals surface area contributed by atoms with Crippen molar-refractivity contribution in [3.05, 3.63) is 34.6 Å². The highest BCUT2D eigenvalue weighted by Crippen LogP contribution is 2.17. The number of carbonyl (C=O) groups excluding carboxylic acids is 1. The Hall–Kier alpha value is -1.09. The molecular weight excluding hydrogens is 183 g/mol. The number of hydrogen-bond acceptors (Lipinski definition) is 2. The van der Waals surface area contributed by atoms with Gasteiger partial charge in [0, 0.05) is 10.6 Å². The van der Waals surface area contributed by atoms with Crippen molar-refractivity contribution in [3.8, 4) is 0 Å². The molecule has 1 aromatic rings. The second-order valence-electron chi connectivity index (χ2n) is 2.14. The van der Waals surface area contributed by atoms with Gasteiger partial charge < -0.3 is 4.74 Å². The maximum atomic E-state index is 12.6. The van der Waals surface area contributed by atoms with Crippen LogP contribution in [0.5, 0.6) is 0 Å². The van der Waals surface area contributed by atoms with Crippen LogP contribution < -0.4 is 0 Å². The van der Waals surface area contributed by atoms with Gasteiger partial charge >= 0.3 is 0 Å². The molecule has 0 aliphatic carbocycles. The average molecular weight is 189 g/mol. The van der Waals surface area contributed by atoms with Gasteiger partial charge in [0.05, 0.1) is 0 Å². The average Bonchev–Trinajstić information content (AvgIpc) is 2.07. The zero-order valence-electron chi connectivity index (χ0n) is 6.09. The Kier molecular flexibility index (Phi) is 3.05. The fourth-order valence-electron chi connectivity index (χ4n) is 0.778. The van der Waals surface area contributed by atoms with Gasteiger partial charge in [-0.15, -0.1) is 0 Å². The summed E-state index contributed by atoms with van der Waals surface area (Å²) in [4.78, 5) is 9.82. The first-order chi connectivity index (χ1) is 5.74. The molecule has 0 spiro atoms. The van der Waals surface area contributed by atoms with Crippen LogP contribution in [0.3, 0.4) is 0 Å². The Bertz CT molecular complexity index is 288. The first kappa shape index (κ1) is 9.00. The molecule has 12 heavy (non-hydrogen) atoms. The van der Waals surface area contributed by atoms with Gasteiger partial charge in [-0.3, -0.25) is 4.79 Å². The summed E-state index contributed by atoms with van der Waals surface area (Å²) in [5.74, 6) is -0.399. The molecule has 0 heterocycles. The second kappa shape index (κ2) is 4.07. The number of halogens is 2. The Morgan fingerprint density at radius 3 is 3.00 bits per heavy atom. The smallest absolute Gasteiger partial charge is 0.293 e. The molecule has 0 fully saturated rings. The third-order valence-corrected chi connectivity index (χ3v) is 1.68. The molecule has 0 aliphatic rings. The van der Waals surface area contributed by atoms with E-state index >= 15 is 0 Å². The minimum Gasteiger partial charge on any atom is -0.463 e. The maximum absolute atomic E-state index is 12.6. The molecule has 0 unspecified atom stereocenters. The Morgan fingerprint density at radius 1 is 1.58 bits per heavy atom. The Morgan fingerprint density at radius 2 is 2.33 bits per heavy atom. The first-order valence-corrected chi connectivity index (χ1v) is 3.61. The number of ether oxygens (including phenoxy) is 1.